The maximum atomic E-state index is 11.6. The number of allylic oxidation sites excluding steroid dienone is 2. The van der Waals surface area contributed by atoms with E-state index >= 15 is 0 Å². The highest BCUT2D eigenvalue weighted by molar-refractivity contribution is 7.52. The topological polar surface area (TPSA) is 93.1 Å². The summed E-state index contributed by atoms with van der Waals surface area (Å²) in [7, 11) is -4.31. The molecular weight excluding hydrogens is 283 g/mol. The van der Waals surface area contributed by atoms with Gasteiger partial charge in [0.05, 0.1) is 18.5 Å². The van der Waals surface area contributed by atoms with Gasteiger partial charge < -0.3 is 19.3 Å². The number of esters is 1. The summed E-state index contributed by atoms with van der Waals surface area (Å²) >= 11 is 0. The molecule has 1 rings (SSSR count). The zero-order valence-corrected chi connectivity index (χ0v) is 12.2. The molecule has 0 spiro atoms. The largest absolute Gasteiger partial charge is 0.497 e. The smallest absolute Gasteiger partial charge is 0.333 e. The van der Waals surface area contributed by atoms with E-state index in [1.165, 1.54) is 12.3 Å². The van der Waals surface area contributed by atoms with Crippen molar-refractivity contribution in [3.63, 3.8) is 0 Å². The van der Waals surface area contributed by atoms with Crippen molar-refractivity contribution in [3.8, 4) is 0 Å². The summed E-state index contributed by atoms with van der Waals surface area (Å²) in [5.41, 5.74) is -0.239. The molecule has 0 radical (unpaired) electrons. The van der Waals surface area contributed by atoms with E-state index in [9.17, 15) is 19.1 Å². The molecule has 1 aliphatic rings. The molecule has 0 saturated carbocycles. The number of ether oxygens (including phenoxy) is 2. The van der Waals surface area contributed by atoms with E-state index in [4.69, 9.17) is 9.47 Å². The maximum absolute atomic E-state index is 11.6. The Labute approximate surface area is 117 Å². The Morgan fingerprint density at radius 1 is 1.60 bits per heavy atom. The van der Waals surface area contributed by atoms with Gasteiger partial charge in [-0.05, 0) is 37.5 Å². The van der Waals surface area contributed by atoms with E-state index in [0.717, 1.165) is 0 Å². The molecule has 0 bridgehead atoms. The lowest BCUT2D eigenvalue weighted by Crippen LogP contribution is -2.15. The molecule has 0 saturated heterocycles. The lowest BCUT2D eigenvalue weighted by molar-refractivity contribution is -0.138. The summed E-state index contributed by atoms with van der Waals surface area (Å²) in [5, 5.41) is 0. The van der Waals surface area contributed by atoms with Crippen LogP contribution < -0.4 is 0 Å². The van der Waals surface area contributed by atoms with Gasteiger partial charge in [-0.3, -0.25) is 4.57 Å². The first-order valence-corrected chi connectivity index (χ1v) is 7.92. The van der Waals surface area contributed by atoms with E-state index in [-0.39, 0.29) is 31.6 Å². The number of rotatable bonds is 7. The van der Waals surface area contributed by atoms with Gasteiger partial charge in [0.25, 0.3) is 0 Å². The van der Waals surface area contributed by atoms with E-state index in [2.05, 4.69) is 6.58 Å². The fourth-order valence-electron chi connectivity index (χ4n) is 1.82. The van der Waals surface area contributed by atoms with Crippen molar-refractivity contribution < 1.29 is 28.6 Å². The van der Waals surface area contributed by atoms with Crippen molar-refractivity contribution >= 4 is 13.6 Å². The summed E-state index contributed by atoms with van der Waals surface area (Å²) in [6.45, 7) is 5.78. The van der Waals surface area contributed by atoms with Gasteiger partial charge in [0.1, 0.15) is 6.61 Å². The van der Waals surface area contributed by atoms with E-state index in [0.29, 0.717) is 5.57 Å². The molecule has 0 aromatic carbocycles. The van der Waals surface area contributed by atoms with Gasteiger partial charge in [-0.25, -0.2) is 4.79 Å². The lowest BCUT2D eigenvalue weighted by atomic mass is 10.0. The molecule has 0 aromatic heterocycles. The van der Waals surface area contributed by atoms with Crippen LogP contribution in [0.4, 0.5) is 0 Å². The van der Waals surface area contributed by atoms with Gasteiger partial charge in [0.2, 0.25) is 0 Å². The highest BCUT2D eigenvalue weighted by Crippen LogP contribution is 2.48. The summed E-state index contributed by atoms with van der Waals surface area (Å²) < 4.78 is 21.3. The van der Waals surface area contributed by atoms with E-state index in [1.807, 2.05) is 0 Å². The first kappa shape index (κ1) is 16.7. The van der Waals surface area contributed by atoms with Crippen LogP contribution in [0, 0.1) is 0 Å². The van der Waals surface area contributed by atoms with Crippen molar-refractivity contribution in [2.24, 2.45) is 0 Å². The minimum Gasteiger partial charge on any atom is -0.497 e. The van der Waals surface area contributed by atoms with Crippen molar-refractivity contribution in [2.45, 2.75) is 25.4 Å². The Kier molecular flexibility index (Phi) is 6.20. The standard InChI is InChI=1S/C13H19O6P/c1-3-19-13(14)10(2)4-5-12(20(15,16)17)11-6-8-18-9-7-11/h6-8,12H,2-5,9H2,1H3,(H2,15,16,17). The third kappa shape index (κ3) is 4.96. The molecule has 0 aliphatic carbocycles. The van der Waals surface area contributed by atoms with Gasteiger partial charge in [0, 0.05) is 5.57 Å². The Bertz CT molecular complexity index is 473. The molecule has 1 unspecified atom stereocenters. The molecule has 1 aliphatic heterocycles. The van der Waals surface area contributed by atoms with Crippen molar-refractivity contribution in [1.82, 2.24) is 0 Å². The maximum Gasteiger partial charge on any atom is 0.333 e. The van der Waals surface area contributed by atoms with Crippen LogP contribution in [-0.2, 0) is 18.8 Å². The van der Waals surface area contributed by atoms with Gasteiger partial charge in [-0.1, -0.05) is 6.58 Å². The van der Waals surface area contributed by atoms with Crippen molar-refractivity contribution in [3.05, 3.63) is 36.1 Å². The predicted molar refractivity (Wildman–Crippen MR) is 74.0 cm³/mol. The number of carbonyl (C=O) groups excluding carboxylic acids is 1. The predicted octanol–water partition coefficient (Wildman–Crippen LogP) is 1.90. The fraction of sp³-hybridized carbons (Fsp3) is 0.462. The third-order valence-corrected chi connectivity index (χ3v) is 4.21. The molecule has 7 heteroatoms. The average Bonchev–Trinajstić information content (AvgIpc) is 2.38. The third-order valence-electron chi connectivity index (χ3n) is 2.85. The molecule has 1 atom stereocenters. The molecule has 2 N–H and O–H groups in total. The van der Waals surface area contributed by atoms with Gasteiger partial charge in [-0.15, -0.1) is 0 Å². The number of carbonyl (C=O) groups is 1. The Hall–Kier alpha value is -1.36. The minimum absolute atomic E-state index is 0.123. The summed E-state index contributed by atoms with van der Waals surface area (Å²) in [6.07, 6.45) is 4.84. The summed E-state index contributed by atoms with van der Waals surface area (Å²) in [5.74, 6) is -0.534. The first-order chi connectivity index (χ1) is 9.36. The second kappa shape index (κ2) is 7.43. The van der Waals surface area contributed by atoms with Crippen molar-refractivity contribution in [1.29, 1.82) is 0 Å². The minimum atomic E-state index is -4.31. The highest BCUT2D eigenvalue weighted by Gasteiger charge is 2.31. The van der Waals surface area contributed by atoms with Crippen molar-refractivity contribution in [2.75, 3.05) is 13.2 Å². The van der Waals surface area contributed by atoms with Gasteiger partial charge >= 0.3 is 13.6 Å². The second-order valence-corrected chi connectivity index (χ2v) is 6.11. The summed E-state index contributed by atoms with van der Waals surface area (Å²) in [4.78, 5) is 30.3. The SMILES string of the molecule is C=C(CCC(C1=CCOC=C1)P(=O)(O)O)C(=O)OCC. The van der Waals surface area contributed by atoms with Crippen LogP contribution >= 0.6 is 7.60 Å². The average molecular weight is 302 g/mol. The zero-order chi connectivity index (χ0) is 15.2. The van der Waals surface area contributed by atoms with Crippen LogP contribution in [0.3, 0.4) is 0 Å². The van der Waals surface area contributed by atoms with E-state index < -0.39 is 19.2 Å². The first-order valence-electron chi connectivity index (χ1n) is 6.24. The van der Waals surface area contributed by atoms with Crippen LogP contribution in [0.25, 0.3) is 0 Å². The number of hydrogen-bond acceptors (Lipinski definition) is 4. The van der Waals surface area contributed by atoms with Crippen LogP contribution in [0.2, 0.25) is 0 Å². The Morgan fingerprint density at radius 2 is 2.30 bits per heavy atom. The Morgan fingerprint density at radius 3 is 2.80 bits per heavy atom. The van der Waals surface area contributed by atoms with E-state index in [1.54, 1.807) is 13.0 Å². The summed E-state index contributed by atoms with van der Waals surface area (Å²) in [6, 6.07) is 0. The fourth-order valence-corrected chi connectivity index (χ4v) is 2.86. The number of hydrogen-bond donors (Lipinski definition) is 2. The van der Waals surface area contributed by atoms with Crippen LogP contribution in [0.15, 0.2) is 36.1 Å². The van der Waals surface area contributed by atoms with Gasteiger partial charge in [0.15, 0.2) is 0 Å². The normalized spacial score (nSPS) is 16.1. The quantitative estimate of drug-likeness (QED) is 0.424. The lowest BCUT2D eigenvalue weighted by Gasteiger charge is -2.21. The van der Waals surface area contributed by atoms with Gasteiger partial charge in [-0.2, -0.15) is 0 Å². The molecular formula is C13H19O6P. The van der Waals surface area contributed by atoms with Crippen LogP contribution in [-0.4, -0.2) is 34.6 Å². The zero-order valence-electron chi connectivity index (χ0n) is 11.3. The molecule has 1 heterocycles. The molecule has 6 nitrogen and oxygen atoms in total. The van der Waals surface area contributed by atoms with Crippen LogP contribution in [0.5, 0.6) is 0 Å². The molecule has 0 amide bonds. The molecule has 0 aromatic rings. The molecule has 112 valence electrons. The molecule has 0 fully saturated rings. The van der Waals surface area contributed by atoms with Crippen LogP contribution in [0.1, 0.15) is 19.8 Å². The second-order valence-electron chi connectivity index (χ2n) is 4.31. The highest BCUT2D eigenvalue weighted by atomic mass is 31.2. The monoisotopic (exact) mass is 302 g/mol. The molecule has 20 heavy (non-hydrogen) atoms. The Balaban J connectivity index is 2.70.